The van der Waals surface area contributed by atoms with Gasteiger partial charge in [-0.05, 0) is 42.9 Å². The number of nitrogens with two attached hydrogens (primary N) is 1. The zero-order chi connectivity index (χ0) is 12.8. The second-order valence-corrected chi connectivity index (χ2v) is 5.98. The van der Waals surface area contributed by atoms with Gasteiger partial charge in [0.05, 0.1) is 6.54 Å². The molecule has 2 N–H and O–H groups in total. The van der Waals surface area contributed by atoms with Crippen LogP contribution in [0.5, 0.6) is 0 Å². The van der Waals surface area contributed by atoms with E-state index in [2.05, 4.69) is 9.88 Å². The smallest absolute Gasteiger partial charge is 0.209 e. The van der Waals surface area contributed by atoms with Crippen molar-refractivity contribution in [3.8, 4) is 0 Å². The number of benzene rings is 1. The van der Waals surface area contributed by atoms with Gasteiger partial charge in [0.2, 0.25) is 5.89 Å². The van der Waals surface area contributed by atoms with Crippen LogP contribution in [-0.2, 0) is 6.54 Å². The molecule has 100 valence electrons. The summed E-state index contributed by atoms with van der Waals surface area (Å²) in [6.07, 6.45) is 4.24. The Morgan fingerprint density at radius 1 is 1.26 bits per heavy atom. The first-order chi connectivity index (χ1) is 9.28. The van der Waals surface area contributed by atoms with E-state index >= 15 is 0 Å². The van der Waals surface area contributed by atoms with Crippen LogP contribution in [0.3, 0.4) is 0 Å². The summed E-state index contributed by atoms with van der Waals surface area (Å²) < 4.78 is 5.80. The van der Waals surface area contributed by atoms with Crippen LogP contribution in [0.2, 0.25) is 0 Å². The van der Waals surface area contributed by atoms with Crippen molar-refractivity contribution in [2.75, 3.05) is 18.8 Å². The topological polar surface area (TPSA) is 55.3 Å². The van der Waals surface area contributed by atoms with Gasteiger partial charge in [0.25, 0.3) is 0 Å². The van der Waals surface area contributed by atoms with Crippen LogP contribution in [0.15, 0.2) is 22.6 Å². The summed E-state index contributed by atoms with van der Waals surface area (Å²) in [5.41, 5.74) is 8.21. The number of hydrogen-bond donors (Lipinski definition) is 1. The van der Waals surface area contributed by atoms with Crippen molar-refractivity contribution in [2.45, 2.75) is 25.8 Å². The summed E-state index contributed by atoms with van der Waals surface area (Å²) in [6.45, 7) is 3.26. The van der Waals surface area contributed by atoms with E-state index in [-0.39, 0.29) is 0 Å². The Bertz CT molecular complexity index is 594. The van der Waals surface area contributed by atoms with Crippen LogP contribution >= 0.6 is 0 Å². The highest BCUT2D eigenvalue weighted by Crippen LogP contribution is 2.38. The Kier molecular flexibility index (Phi) is 2.52. The molecule has 4 nitrogen and oxygen atoms in total. The highest BCUT2D eigenvalue weighted by molar-refractivity contribution is 5.76. The van der Waals surface area contributed by atoms with E-state index in [0.717, 1.165) is 41.1 Å². The molecule has 1 aliphatic carbocycles. The normalized spacial score (nSPS) is 27.2. The third kappa shape index (κ3) is 2.00. The van der Waals surface area contributed by atoms with E-state index in [1.54, 1.807) is 0 Å². The largest absolute Gasteiger partial charge is 0.439 e. The predicted molar refractivity (Wildman–Crippen MR) is 74.5 cm³/mol. The molecule has 2 heterocycles. The van der Waals surface area contributed by atoms with E-state index in [9.17, 15) is 0 Å². The molecule has 1 aromatic carbocycles. The summed E-state index contributed by atoms with van der Waals surface area (Å²) in [7, 11) is 0. The van der Waals surface area contributed by atoms with Crippen LogP contribution < -0.4 is 5.73 Å². The van der Waals surface area contributed by atoms with Crippen molar-refractivity contribution in [3.63, 3.8) is 0 Å². The molecule has 1 saturated carbocycles. The lowest BCUT2D eigenvalue weighted by Crippen LogP contribution is -2.21. The van der Waals surface area contributed by atoms with Gasteiger partial charge in [-0.15, -0.1) is 0 Å². The maximum Gasteiger partial charge on any atom is 0.209 e. The van der Waals surface area contributed by atoms with Gasteiger partial charge in [-0.1, -0.05) is 6.42 Å². The lowest BCUT2D eigenvalue weighted by molar-refractivity contribution is 0.273. The third-order valence-electron chi connectivity index (χ3n) is 4.62. The Balaban J connectivity index is 1.52. The van der Waals surface area contributed by atoms with Crippen LogP contribution in [0.1, 0.15) is 25.2 Å². The molecule has 0 spiro atoms. The molecule has 2 aromatic rings. The average molecular weight is 257 g/mol. The van der Waals surface area contributed by atoms with Crippen LogP contribution in [0.4, 0.5) is 5.69 Å². The van der Waals surface area contributed by atoms with Gasteiger partial charge in [-0.25, -0.2) is 4.98 Å². The highest BCUT2D eigenvalue weighted by atomic mass is 16.3. The maximum atomic E-state index is 5.80. The van der Waals surface area contributed by atoms with Crippen LogP contribution in [0, 0.1) is 11.8 Å². The quantitative estimate of drug-likeness (QED) is 0.840. The number of nitrogens with zero attached hydrogens (tertiary/aromatic N) is 2. The lowest BCUT2D eigenvalue weighted by atomic mass is 10.0. The fraction of sp³-hybridized carbons (Fsp3) is 0.533. The van der Waals surface area contributed by atoms with Crippen LogP contribution in [0.25, 0.3) is 11.1 Å². The molecule has 2 fully saturated rings. The van der Waals surface area contributed by atoms with Gasteiger partial charge in [0.1, 0.15) is 5.52 Å². The van der Waals surface area contributed by atoms with E-state index in [0.29, 0.717) is 0 Å². The third-order valence-corrected chi connectivity index (χ3v) is 4.62. The summed E-state index contributed by atoms with van der Waals surface area (Å²) in [5.74, 6) is 2.65. The van der Waals surface area contributed by atoms with E-state index < -0.39 is 0 Å². The average Bonchev–Trinajstić information content (AvgIpc) is 3.01. The number of rotatable bonds is 2. The van der Waals surface area contributed by atoms with E-state index in [1.165, 1.54) is 32.4 Å². The van der Waals surface area contributed by atoms with Crippen molar-refractivity contribution in [1.82, 2.24) is 9.88 Å². The second-order valence-electron chi connectivity index (χ2n) is 5.98. The van der Waals surface area contributed by atoms with Crippen molar-refractivity contribution in [3.05, 3.63) is 24.1 Å². The van der Waals surface area contributed by atoms with Gasteiger partial charge >= 0.3 is 0 Å². The van der Waals surface area contributed by atoms with Gasteiger partial charge in [0, 0.05) is 18.8 Å². The Hall–Kier alpha value is -1.55. The monoisotopic (exact) mass is 257 g/mol. The summed E-state index contributed by atoms with van der Waals surface area (Å²) in [5, 5.41) is 0. The molecule has 1 aliphatic heterocycles. The molecule has 2 atom stereocenters. The summed E-state index contributed by atoms with van der Waals surface area (Å²) in [6, 6.07) is 5.64. The minimum absolute atomic E-state index is 0.739. The van der Waals surface area contributed by atoms with E-state index in [4.69, 9.17) is 10.2 Å². The van der Waals surface area contributed by atoms with Gasteiger partial charge in [-0.3, -0.25) is 4.90 Å². The predicted octanol–water partition coefficient (Wildman–Crippen LogP) is 2.64. The molecule has 0 radical (unpaired) electrons. The zero-order valence-electron chi connectivity index (χ0n) is 11.0. The van der Waals surface area contributed by atoms with Crippen molar-refractivity contribution in [1.29, 1.82) is 0 Å². The Morgan fingerprint density at radius 3 is 2.84 bits per heavy atom. The molecule has 2 aliphatic rings. The number of aromatic nitrogens is 1. The van der Waals surface area contributed by atoms with E-state index in [1.807, 2.05) is 18.2 Å². The Morgan fingerprint density at radius 2 is 2.05 bits per heavy atom. The summed E-state index contributed by atoms with van der Waals surface area (Å²) >= 11 is 0. The zero-order valence-corrected chi connectivity index (χ0v) is 11.0. The first-order valence-electron chi connectivity index (χ1n) is 7.15. The number of hydrogen-bond acceptors (Lipinski definition) is 4. The minimum Gasteiger partial charge on any atom is -0.439 e. The molecule has 19 heavy (non-hydrogen) atoms. The molecule has 0 bridgehead atoms. The number of nitrogen functional groups attached to an aromatic ring is 1. The molecule has 4 rings (SSSR count). The fourth-order valence-electron chi connectivity index (χ4n) is 3.71. The highest BCUT2D eigenvalue weighted by Gasteiger charge is 2.36. The van der Waals surface area contributed by atoms with Gasteiger partial charge < -0.3 is 10.2 Å². The molecule has 4 heteroatoms. The number of oxazole rings is 1. The van der Waals surface area contributed by atoms with Gasteiger partial charge in [-0.2, -0.15) is 0 Å². The second kappa shape index (κ2) is 4.23. The SMILES string of the molecule is Nc1ccc2oc(CN3CC4CCCC4C3)nc2c1. The number of fused-ring (bicyclic) bond motifs is 2. The minimum atomic E-state index is 0.739. The molecule has 2 unspecified atom stereocenters. The standard InChI is InChI=1S/C15H19N3O/c16-12-4-5-14-13(6-12)17-15(19-14)9-18-7-10-2-1-3-11(10)8-18/h4-6,10-11H,1-3,7-9,16H2. The van der Waals surface area contributed by atoms with Gasteiger partial charge in [0.15, 0.2) is 5.58 Å². The number of anilines is 1. The molecule has 1 saturated heterocycles. The maximum absolute atomic E-state index is 5.80. The van der Waals surface area contributed by atoms with Crippen molar-refractivity contribution in [2.24, 2.45) is 11.8 Å². The number of likely N-dealkylation sites (tertiary alicyclic amines) is 1. The first kappa shape index (κ1) is 11.3. The van der Waals surface area contributed by atoms with Crippen molar-refractivity contribution >= 4 is 16.8 Å². The summed E-state index contributed by atoms with van der Waals surface area (Å²) in [4.78, 5) is 7.03. The molecule has 0 amide bonds. The van der Waals surface area contributed by atoms with Crippen LogP contribution in [-0.4, -0.2) is 23.0 Å². The molecular formula is C15H19N3O. The lowest BCUT2D eigenvalue weighted by Gasteiger charge is -2.13. The fourth-order valence-corrected chi connectivity index (χ4v) is 3.71. The molecular weight excluding hydrogens is 238 g/mol. The first-order valence-corrected chi connectivity index (χ1v) is 7.15. The Labute approximate surface area is 112 Å². The van der Waals surface area contributed by atoms with Crippen molar-refractivity contribution < 1.29 is 4.42 Å². The molecule has 1 aromatic heterocycles.